The minimum absolute atomic E-state index is 0.155. The van der Waals surface area contributed by atoms with E-state index in [2.05, 4.69) is 30.5 Å². The van der Waals surface area contributed by atoms with Crippen LogP contribution in [0.25, 0.3) is 0 Å². The smallest absolute Gasteiger partial charge is 0.472 e. The lowest BCUT2D eigenvalue weighted by Crippen LogP contribution is -2.34. The highest BCUT2D eigenvalue weighted by Gasteiger charge is 2.28. The van der Waals surface area contributed by atoms with Gasteiger partial charge in [-0.2, -0.15) is 0 Å². The molecule has 0 aromatic rings. The molecule has 0 aromatic carbocycles. The Morgan fingerprint density at radius 2 is 0.943 bits per heavy atom. The van der Waals surface area contributed by atoms with Crippen LogP contribution < -0.4 is 5.73 Å². The van der Waals surface area contributed by atoms with E-state index in [1.807, 2.05) is 0 Å². The summed E-state index contributed by atoms with van der Waals surface area (Å²) < 4.78 is 32.6. The number of carboxylic acids is 1. The Bertz CT molecular complexity index is 963. The van der Waals surface area contributed by atoms with E-state index in [0.717, 1.165) is 57.8 Å². The molecule has 0 aromatic heterocycles. The SMILES string of the molecule is CCCCCCC/C=C\CCCCCCCC(=O)OC(COC(=O)CCCCCCCCCCCCCCCCC)COP(=O)(O)OCC(N)C(=O)O. The van der Waals surface area contributed by atoms with Crippen molar-refractivity contribution in [3.05, 3.63) is 12.2 Å². The first-order valence-electron chi connectivity index (χ1n) is 21.2. The maximum atomic E-state index is 12.6. The Hall–Kier alpha value is -1.78. The van der Waals surface area contributed by atoms with Crippen LogP contribution in [0.4, 0.5) is 0 Å². The molecule has 0 spiro atoms. The minimum Gasteiger partial charge on any atom is -0.480 e. The molecule has 0 saturated heterocycles. The quantitative estimate of drug-likeness (QED) is 0.0234. The molecule has 0 aliphatic carbocycles. The topological polar surface area (TPSA) is 172 Å². The predicted molar refractivity (Wildman–Crippen MR) is 213 cm³/mol. The van der Waals surface area contributed by atoms with Crippen LogP contribution in [0, 0.1) is 0 Å². The van der Waals surface area contributed by atoms with Gasteiger partial charge >= 0.3 is 25.7 Å². The summed E-state index contributed by atoms with van der Waals surface area (Å²) in [5.74, 6) is -2.38. The Labute approximate surface area is 322 Å². The molecule has 3 atom stereocenters. The molecule has 53 heavy (non-hydrogen) atoms. The van der Waals surface area contributed by atoms with E-state index < -0.39 is 51.1 Å². The molecule has 0 bridgehead atoms. The van der Waals surface area contributed by atoms with Crippen molar-refractivity contribution < 1.29 is 47.5 Å². The monoisotopic (exact) mass is 776 g/mol. The fourth-order valence-corrected chi connectivity index (χ4v) is 6.66. The first-order chi connectivity index (χ1) is 25.6. The summed E-state index contributed by atoms with van der Waals surface area (Å²) in [6, 6.07) is -1.52. The largest absolute Gasteiger partial charge is 0.480 e. The molecule has 11 nitrogen and oxygen atoms in total. The predicted octanol–water partition coefficient (Wildman–Crippen LogP) is 10.9. The zero-order valence-electron chi connectivity index (χ0n) is 33.6. The van der Waals surface area contributed by atoms with E-state index >= 15 is 0 Å². The summed E-state index contributed by atoms with van der Waals surface area (Å²) >= 11 is 0. The van der Waals surface area contributed by atoms with Crippen molar-refractivity contribution in [1.29, 1.82) is 0 Å². The zero-order chi connectivity index (χ0) is 39.3. The number of hydrogen-bond donors (Lipinski definition) is 3. The van der Waals surface area contributed by atoms with Gasteiger partial charge in [-0.25, -0.2) is 4.57 Å². The number of carboxylic acid groups (broad SMARTS) is 1. The molecule has 312 valence electrons. The summed E-state index contributed by atoms with van der Waals surface area (Å²) in [6.07, 6.45) is 35.6. The van der Waals surface area contributed by atoms with E-state index in [9.17, 15) is 23.8 Å². The highest BCUT2D eigenvalue weighted by molar-refractivity contribution is 7.47. The second kappa shape index (κ2) is 37.2. The molecule has 0 amide bonds. The lowest BCUT2D eigenvalue weighted by atomic mass is 10.0. The Morgan fingerprint density at radius 1 is 0.566 bits per heavy atom. The maximum Gasteiger partial charge on any atom is 0.472 e. The molecule has 3 unspecified atom stereocenters. The lowest BCUT2D eigenvalue weighted by Gasteiger charge is -2.20. The summed E-state index contributed by atoms with van der Waals surface area (Å²) in [7, 11) is -4.71. The van der Waals surface area contributed by atoms with Crippen LogP contribution in [0.5, 0.6) is 0 Å². The fourth-order valence-electron chi connectivity index (χ4n) is 5.88. The Morgan fingerprint density at radius 3 is 1.38 bits per heavy atom. The second-order valence-corrected chi connectivity index (χ2v) is 15.9. The molecule has 0 aliphatic rings. The van der Waals surface area contributed by atoms with Crippen molar-refractivity contribution in [2.45, 2.75) is 212 Å². The van der Waals surface area contributed by atoms with E-state index in [4.69, 9.17) is 24.8 Å². The molecule has 12 heteroatoms. The molecule has 0 aliphatic heterocycles. The van der Waals surface area contributed by atoms with Gasteiger partial charge in [0.05, 0.1) is 13.2 Å². The van der Waals surface area contributed by atoms with E-state index in [-0.39, 0.29) is 19.4 Å². The molecule has 0 saturated carbocycles. The van der Waals surface area contributed by atoms with Crippen LogP contribution in [-0.2, 0) is 37.5 Å². The molecule has 0 heterocycles. The summed E-state index contributed by atoms with van der Waals surface area (Å²) in [4.78, 5) is 45.9. The summed E-state index contributed by atoms with van der Waals surface area (Å²) in [6.45, 7) is 2.80. The summed E-state index contributed by atoms with van der Waals surface area (Å²) in [5, 5.41) is 8.87. The van der Waals surface area contributed by atoms with Gasteiger partial charge in [0.1, 0.15) is 12.6 Å². The number of aliphatic carboxylic acids is 1. The number of carbonyl (C=O) groups excluding carboxylic acids is 2. The van der Waals surface area contributed by atoms with Crippen molar-refractivity contribution in [3.63, 3.8) is 0 Å². The normalized spacial score (nSPS) is 13.9. The van der Waals surface area contributed by atoms with Gasteiger partial charge in [-0.1, -0.05) is 161 Å². The number of nitrogens with two attached hydrogens (primary N) is 1. The van der Waals surface area contributed by atoms with Crippen molar-refractivity contribution in [3.8, 4) is 0 Å². The second-order valence-electron chi connectivity index (χ2n) is 14.5. The van der Waals surface area contributed by atoms with Crippen molar-refractivity contribution in [1.82, 2.24) is 0 Å². The fraction of sp³-hybridized carbons (Fsp3) is 0.878. The number of unbranched alkanes of at least 4 members (excludes halogenated alkanes) is 24. The van der Waals surface area contributed by atoms with Crippen LogP contribution >= 0.6 is 7.82 Å². The number of carbonyl (C=O) groups is 3. The van der Waals surface area contributed by atoms with Gasteiger partial charge in [-0.15, -0.1) is 0 Å². The first kappa shape index (κ1) is 51.2. The maximum absolute atomic E-state index is 12.6. The molecule has 0 radical (unpaired) electrons. The van der Waals surface area contributed by atoms with Gasteiger partial charge in [-0.3, -0.25) is 23.4 Å². The van der Waals surface area contributed by atoms with E-state index in [1.54, 1.807) is 0 Å². The Kier molecular flexibility index (Phi) is 35.9. The highest BCUT2D eigenvalue weighted by atomic mass is 31.2. The van der Waals surface area contributed by atoms with Gasteiger partial charge in [-0.05, 0) is 38.5 Å². The Balaban J connectivity index is 4.36. The highest BCUT2D eigenvalue weighted by Crippen LogP contribution is 2.43. The molecule has 4 N–H and O–H groups in total. The molecule has 0 rings (SSSR count). The van der Waals surface area contributed by atoms with E-state index in [0.29, 0.717) is 12.8 Å². The van der Waals surface area contributed by atoms with Crippen LogP contribution in [0.15, 0.2) is 12.2 Å². The third kappa shape index (κ3) is 36.9. The van der Waals surface area contributed by atoms with Crippen LogP contribution in [0.2, 0.25) is 0 Å². The number of phosphoric acid groups is 1. The number of esters is 2. The van der Waals surface area contributed by atoms with Crippen LogP contribution in [0.1, 0.15) is 200 Å². The zero-order valence-corrected chi connectivity index (χ0v) is 34.5. The molecule has 0 fully saturated rings. The third-order valence-electron chi connectivity index (χ3n) is 9.26. The standard InChI is InChI=1S/C41H78NO10P/c1-3-5-7-9-11-13-15-17-19-21-22-24-26-28-30-32-39(43)49-34-37(35-50-53(47,48)51-36-38(42)41(45)46)52-40(44)33-31-29-27-25-23-20-18-16-14-12-10-8-6-4-2/h16,18,37-38H,3-15,17,19-36,42H2,1-2H3,(H,45,46)(H,47,48)/b18-16-. The number of rotatable bonds is 40. The number of ether oxygens (including phenoxy) is 2. The van der Waals surface area contributed by atoms with Crippen molar-refractivity contribution in [2.75, 3.05) is 19.8 Å². The molecular weight excluding hydrogens is 697 g/mol. The van der Waals surface area contributed by atoms with Crippen LogP contribution in [-0.4, -0.2) is 59.9 Å². The number of allylic oxidation sites excluding steroid dienone is 2. The van der Waals surface area contributed by atoms with E-state index in [1.165, 1.54) is 103 Å². The van der Waals surface area contributed by atoms with Gasteiger partial charge in [0.2, 0.25) is 0 Å². The van der Waals surface area contributed by atoms with Gasteiger partial charge in [0, 0.05) is 12.8 Å². The van der Waals surface area contributed by atoms with Gasteiger partial charge < -0.3 is 25.2 Å². The average molecular weight is 776 g/mol. The lowest BCUT2D eigenvalue weighted by molar-refractivity contribution is -0.161. The average Bonchev–Trinajstić information content (AvgIpc) is 3.13. The van der Waals surface area contributed by atoms with Gasteiger partial charge in [0.25, 0.3) is 0 Å². The van der Waals surface area contributed by atoms with Gasteiger partial charge in [0.15, 0.2) is 6.10 Å². The summed E-state index contributed by atoms with van der Waals surface area (Å²) in [5.41, 5.74) is 5.33. The van der Waals surface area contributed by atoms with Crippen molar-refractivity contribution in [2.24, 2.45) is 5.73 Å². The first-order valence-corrected chi connectivity index (χ1v) is 22.7. The number of phosphoric ester groups is 1. The minimum atomic E-state index is -4.71. The third-order valence-corrected chi connectivity index (χ3v) is 10.2. The van der Waals surface area contributed by atoms with Crippen LogP contribution in [0.3, 0.4) is 0 Å². The number of hydrogen-bond acceptors (Lipinski definition) is 9. The molecular formula is C41H78NO10P. The van der Waals surface area contributed by atoms with Crippen molar-refractivity contribution >= 4 is 25.7 Å².